The fourth-order valence-electron chi connectivity index (χ4n) is 3.31. The molecule has 1 aliphatic rings. The normalized spacial score (nSPS) is 17.3. The minimum absolute atomic E-state index is 0.0485. The third-order valence-corrected chi connectivity index (χ3v) is 4.74. The van der Waals surface area contributed by atoms with E-state index in [9.17, 15) is 0 Å². The van der Waals surface area contributed by atoms with Crippen molar-refractivity contribution in [1.29, 1.82) is 0 Å². The second kappa shape index (κ2) is 8.77. The summed E-state index contributed by atoms with van der Waals surface area (Å²) in [5.41, 5.74) is 1.17. The van der Waals surface area contributed by atoms with E-state index in [0.717, 1.165) is 45.0 Å². The first-order chi connectivity index (χ1) is 12.5. The van der Waals surface area contributed by atoms with Crippen molar-refractivity contribution in [3.8, 4) is 0 Å². The molecule has 7 nitrogen and oxygen atoms in total. The lowest BCUT2D eigenvalue weighted by Gasteiger charge is -2.28. The highest BCUT2D eigenvalue weighted by molar-refractivity contribution is 5.06. The Morgan fingerprint density at radius 3 is 2.65 bits per heavy atom. The van der Waals surface area contributed by atoms with Gasteiger partial charge >= 0.3 is 0 Å². The number of nitrogens with zero attached hydrogens (tertiary/aromatic N) is 4. The van der Waals surface area contributed by atoms with Gasteiger partial charge in [0.15, 0.2) is 5.82 Å². The van der Waals surface area contributed by atoms with E-state index in [1.54, 1.807) is 0 Å². The molecule has 1 aliphatic heterocycles. The molecule has 0 saturated carbocycles. The van der Waals surface area contributed by atoms with Crippen LogP contribution in [0.2, 0.25) is 0 Å². The molecule has 0 amide bonds. The van der Waals surface area contributed by atoms with Crippen molar-refractivity contribution in [2.45, 2.75) is 65.6 Å². The molecule has 0 radical (unpaired) electrons. The van der Waals surface area contributed by atoms with Gasteiger partial charge in [-0.3, -0.25) is 4.68 Å². The minimum atomic E-state index is 0.0485. The van der Waals surface area contributed by atoms with Gasteiger partial charge in [-0.05, 0) is 24.7 Å². The second-order valence-corrected chi connectivity index (χ2v) is 7.92. The van der Waals surface area contributed by atoms with Gasteiger partial charge in [0, 0.05) is 44.0 Å². The fourth-order valence-corrected chi connectivity index (χ4v) is 3.31. The summed E-state index contributed by atoms with van der Waals surface area (Å²) in [6, 6.07) is 0.0485. The molecule has 1 atom stereocenters. The van der Waals surface area contributed by atoms with Gasteiger partial charge in [0.1, 0.15) is 0 Å². The molecule has 7 heteroatoms. The van der Waals surface area contributed by atoms with Crippen molar-refractivity contribution < 1.29 is 9.26 Å². The van der Waals surface area contributed by atoms with Gasteiger partial charge in [0.25, 0.3) is 0 Å². The molecule has 1 unspecified atom stereocenters. The van der Waals surface area contributed by atoms with Crippen LogP contribution in [-0.4, -0.2) is 33.1 Å². The standard InChI is InChI=1S/C19H31N5O2/c1-13(2)11-24-12-15(10-21-24)9-20-17(16-5-7-25-8-6-16)19-22-18(14(3)4)23-26-19/h10,12-14,16-17,20H,5-9,11H2,1-4H3. The summed E-state index contributed by atoms with van der Waals surface area (Å²) in [5, 5.41) is 12.2. The molecule has 0 aromatic carbocycles. The van der Waals surface area contributed by atoms with Crippen LogP contribution in [0.25, 0.3) is 0 Å². The number of ether oxygens (including phenoxy) is 1. The highest BCUT2D eigenvalue weighted by Crippen LogP contribution is 2.30. The van der Waals surface area contributed by atoms with Gasteiger partial charge in [-0.25, -0.2) is 0 Å². The summed E-state index contributed by atoms with van der Waals surface area (Å²) in [5.74, 6) is 2.74. The number of hydrogen-bond acceptors (Lipinski definition) is 6. The Hall–Kier alpha value is -1.73. The fraction of sp³-hybridized carbons (Fsp3) is 0.737. The molecule has 2 aromatic heterocycles. The summed E-state index contributed by atoms with van der Waals surface area (Å²) in [4.78, 5) is 4.64. The molecule has 1 saturated heterocycles. The summed E-state index contributed by atoms with van der Waals surface area (Å²) in [7, 11) is 0. The molecule has 3 rings (SSSR count). The Labute approximate surface area is 155 Å². The quantitative estimate of drug-likeness (QED) is 0.777. The van der Waals surface area contributed by atoms with Crippen LogP contribution >= 0.6 is 0 Å². The van der Waals surface area contributed by atoms with Crippen molar-refractivity contribution in [1.82, 2.24) is 25.2 Å². The number of nitrogens with one attached hydrogen (secondary N) is 1. The molecule has 0 aliphatic carbocycles. The Morgan fingerprint density at radius 2 is 2.00 bits per heavy atom. The molecular weight excluding hydrogens is 330 g/mol. The van der Waals surface area contributed by atoms with Crippen LogP contribution < -0.4 is 5.32 Å². The topological polar surface area (TPSA) is 78.0 Å². The summed E-state index contributed by atoms with van der Waals surface area (Å²) < 4.78 is 13.1. The number of aromatic nitrogens is 4. The predicted octanol–water partition coefficient (Wildman–Crippen LogP) is 3.30. The van der Waals surface area contributed by atoms with Gasteiger partial charge in [-0.2, -0.15) is 10.1 Å². The number of hydrogen-bond donors (Lipinski definition) is 1. The van der Waals surface area contributed by atoms with Crippen LogP contribution in [0.5, 0.6) is 0 Å². The smallest absolute Gasteiger partial charge is 0.244 e. The molecule has 2 aromatic rings. The lowest BCUT2D eigenvalue weighted by molar-refractivity contribution is 0.0485. The van der Waals surface area contributed by atoms with E-state index in [2.05, 4.69) is 54.4 Å². The molecule has 3 heterocycles. The van der Waals surface area contributed by atoms with E-state index in [4.69, 9.17) is 9.26 Å². The average Bonchev–Trinajstić information content (AvgIpc) is 3.26. The van der Waals surface area contributed by atoms with E-state index in [-0.39, 0.29) is 12.0 Å². The largest absolute Gasteiger partial charge is 0.381 e. The lowest BCUT2D eigenvalue weighted by Crippen LogP contribution is -2.32. The van der Waals surface area contributed by atoms with Crippen LogP contribution in [0.15, 0.2) is 16.9 Å². The molecule has 0 bridgehead atoms. The molecule has 26 heavy (non-hydrogen) atoms. The zero-order chi connectivity index (χ0) is 18.5. The molecule has 0 spiro atoms. The monoisotopic (exact) mass is 361 g/mol. The second-order valence-electron chi connectivity index (χ2n) is 7.92. The molecule has 144 valence electrons. The van der Waals surface area contributed by atoms with E-state index < -0.39 is 0 Å². The first kappa shape index (κ1) is 19.0. The Kier molecular flexibility index (Phi) is 6.43. The summed E-state index contributed by atoms with van der Waals surface area (Å²) in [6.45, 7) is 11.8. The van der Waals surface area contributed by atoms with Crippen molar-refractivity contribution in [2.24, 2.45) is 11.8 Å². The van der Waals surface area contributed by atoms with Crippen molar-refractivity contribution in [3.05, 3.63) is 29.7 Å². The lowest BCUT2D eigenvalue weighted by atomic mass is 9.91. The molecule has 1 N–H and O–H groups in total. The van der Waals surface area contributed by atoms with Gasteiger partial charge in [0.2, 0.25) is 5.89 Å². The third-order valence-electron chi connectivity index (χ3n) is 4.74. The van der Waals surface area contributed by atoms with Crippen molar-refractivity contribution in [3.63, 3.8) is 0 Å². The Balaban J connectivity index is 1.69. The van der Waals surface area contributed by atoms with Gasteiger partial charge in [-0.15, -0.1) is 0 Å². The van der Waals surface area contributed by atoms with E-state index in [0.29, 0.717) is 17.7 Å². The minimum Gasteiger partial charge on any atom is -0.381 e. The Bertz CT molecular complexity index is 673. The van der Waals surface area contributed by atoms with Crippen LogP contribution in [0, 0.1) is 11.8 Å². The molecule has 1 fully saturated rings. The van der Waals surface area contributed by atoms with E-state index in [1.165, 1.54) is 5.56 Å². The third kappa shape index (κ3) is 4.92. The van der Waals surface area contributed by atoms with Gasteiger partial charge in [-0.1, -0.05) is 32.9 Å². The van der Waals surface area contributed by atoms with Crippen molar-refractivity contribution in [2.75, 3.05) is 13.2 Å². The maximum absolute atomic E-state index is 5.60. The Morgan fingerprint density at radius 1 is 1.23 bits per heavy atom. The zero-order valence-electron chi connectivity index (χ0n) is 16.3. The highest BCUT2D eigenvalue weighted by Gasteiger charge is 2.30. The van der Waals surface area contributed by atoms with Gasteiger partial charge < -0.3 is 14.6 Å². The first-order valence-corrected chi connectivity index (χ1v) is 9.69. The van der Waals surface area contributed by atoms with E-state index in [1.807, 2.05) is 10.9 Å². The first-order valence-electron chi connectivity index (χ1n) is 9.69. The van der Waals surface area contributed by atoms with Crippen LogP contribution in [0.3, 0.4) is 0 Å². The highest BCUT2D eigenvalue weighted by atomic mass is 16.5. The SMILES string of the molecule is CC(C)Cn1cc(CNC(c2nc(C(C)C)no2)C2CCOCC2)cn1. The van der Waals surface area contributed by atoms with Crippen LogP contribution in [-0.2, 0) is 17.8 Å². The molecular formula is C19H31N5O2. The average molecular weight is 361 g/mol. The predicted molar refractivity (Wildman–Crippen MR) is 98.6 cm³/mol. The van der Waals surface area contributed by atoms with Crippen molar-refractivity contribution >= 4 is 0 Å². The summed E-state index contributed by atoms with van der Waals surface area (Å²) >= 11 is 0. The summed E-state index contributed by atoms with van der Waals surface area (Å²) in [6.07, 6.45) is 6.05. The van der Waals surface area contributed by atoms with Crippen LogP contribution in [0.4, 0.5) is 0 Å². The number of rotatable bonds is 8. The van der Waals surface area contributed by atoms with Crippen LogP contribution in [0.1, 0.15) is 69.8 Å². The maximum atomic E-state index is 5.60. The van der Waals surface area contributed by atoms with Gasteiger partial charge in [0.05, 0.1) is 12.2 Å². The maximum Gasteiger partial charge on any atom is 0.244 e. The van der Waals surface area contributed by atoms with E-state index >= 15 is 0 Å². The zero-order valence-corrected chi connectivity index (χ0v) is 16.3.